The molecule has 1 aliphatic rings. The highest BCUT2D eigenvalue weighted by Crippen LogP contribution is 2.30. The van der Waals surface area contributed by atoms with E-state index < -0.39 is 0 Å². The molecule has 1 aliphatic heterocycles. The Kier molecular flexibility index (Phi) is 4.32. The molecule has 1 saturated heterocycles. The van der Waals surface area contributed by atoms with Crippen LogP contribution in [0.4, 0.5) is 0 Å². The second kappa shape index (κ2) is 5.75. The summed E-state index contributed by atoms with van der Waals surface area (Å²) < 4.78 is 5.51. The maximum Gasteiger partial charge on any atom is 0.0932 e. The first-order valence-corrected chi connectivity index (χ1v) is 6.77. The number of nitrogens with zero attached hydrogens (tertiary/aromatic N) is 1. The lowest BCUT2D eigenvalue weighted by Crippen LogP contribution is -2.16. The first kappa shape index (κ1) is 12.0. The van der Waals surface area contributed by atoms with E-state index in [0.717, 1.165) is 37.5 Å². The van der Waals surface area contributed by atoms with Gasteiger partial charge in [-0.25, -0.2) is 4.98 Å². The van der Waals surface area contributed by atoms with Crippen molar-refractivity contribution in [1.29, 1.82) is 0 Å². The lowest BCUT2D eigenvalue weighted by molar-refractivity contribution is 0.0792. The van der Waals surface area contributed by atoms with Gasteiger partial charge in [0.05, 0.1) is 17.3 Å². The van der Waals surface area contributed by atoms with E-state index in [9.17, 15) is 0 Å². The van der Waals surface area contributed by atoms with Crippen LogP contribution in [0, 0.1) is 6.92 Å². The second-order valence-electron chi connectivity index (χ2n) is 4.29. The Labute approximate surface area is 100 Å². The Bertz CT molecular complexity index is 332. The average molecular weight is 241 g/mol. The summed E-state index contributed by atoms with van der Waals surface area (Å²) in [6, 6.07) is 0. The summed E-state index contributed by atoms with van der Waals surface area (Å²) in [5.74, 6) is 0.493. The van der Waals surface area contributed by atoms with Crippen molar-refractivity contribution in [3.8, 4) is 0 Å². The highest BCUT2D eigenvalue weighted by molar-refractivity contribution is 7.11. The molecule has 2 rings (SSSR count). The number of hydrogen-bond donors (Lipinski definition) is 1. The molecule has 4 heteroatoms. The fourth-order valence-corrected chi connectivity index (χ4v) is 3.20. The van der Waals surface area contributed by atoms with Gasteiger partial charge in [-0.2, -0.15) is 0 Å². The van der Waals surface area contributed by atoms with E-state index in [-0.39, 0.29) is 6.61 Å². The molecule has 0 radical (unpaired) electrons. The van der Waals surface area contributed by atoms with Crippen LogP contribution in [0.15, 0.2) is 0 Å². The maximum atomic E-state index is 8.81. The van der Waals surface area contributed by atoms with Crippen LogP contribution in [0.25, 0.3) is 0 Å². The highest BCUT2D eigenvalue weighted by Gasteiger charge is 2.21. The van der Waals surface area contributed by atoms with Gasteiger partial charge in [0, 0.05) is 30.4 Å². The van der Waals surface area contributed by atoms with Crippen LogP contribution in [-0.2, 0) is 11.2 Å². The van der Waals surface area contributed by atoms with Crippen LogP contribution >= 0.6 is 11.3 Å². The van der Waals surface area contributed by atoms with E-state index in [1.165, 1.54) is 17.0 Å². The first-order chi connectivity index (χ1) is 7.81. The lowest BCUT2D eigenvalue weighted by Gasteiger charge is -2.20. The largest absolute Gasteiger partial charge is 0.396 e. The second-order valence-corrected chi connectivity index (χ2v) is 5.58. The van der Waals surface area contributed by atoms with Gasteiger partial charge in [-0.15, -0.1) is 11.3 Å². The topological polar surface area (TPSA) is 42.4 Å². The number of ether oxygens (including phenoxy) is 1. The van der Waals surface area contributed by atoms with Gasteiger partial charge in [0.2, 0.25) is 0 Å². The van der Waals surface area contributed by atoms with Crippen LogP contribution in [0.1, 0.15) is 40.8 Å². The van der Waals surface area contributed by atoms with Gasteiger partial charge in [0.25, 0.3) is 0 Å². The molecular formula is C12H19NO2S. The minimum atomic E-state index is 0.250. The van der Waals surface area contributed by atoms with Gasteiger partial charge < -0.3 is 9.84 Å². The molecule has 0 bridgehead atoms. The smallest absolute Gasteiger partial charge is 0.0932 e. The van der Waals surface area contributed by atoms with Crippen molar-refractivity contribution >= 4 is 11.3 Å². The zero-order valence-corrected chi connectivity index (χ0v) is 10.6. The summed E-state index contributed by atoms with van der Waals surface area (Å²) in [6.45, 7) is 4.12. The summed E-state index contributed by atoms with van der Waals surface area (Å²) in [5, 5.41) is 9.97. The zero-order valence-electron chi connectivity index (χ0n) is 9.74. The molecule has 0 aliphatic carbocycles. The van der Waals surface area contributed by atoms with Gasteiger partial charge in [-0.05, 0) is 26.2 Å². The van der Waals surface area contributed by atoms with Crippen molar-refractivity contribution in [2.45, 2.75) is 38.5 Å². The van der Waals surface area contributed by atoms with Crippen LogP contribution in [-0.4, -0.2) is 29.9 Å². The molecule has 1 fully saturated rings. The SMILES string of the molecule is Cc1sc(CCCO)nc1C1CCCOC1. The minimum Gasteiger partial charge on any atom is -0.396 e. The minimum absolute atomic E-state index is 0.250. The van der Waals surface area contributed by atoms with Crippen LogP contribution in [0.2, 0.25) is 0 Å². The number of aliphatic hydroxyl groups is 1. The molecule has 2 heterocycles. The van der Waals surface area contributed by atoms with Crippen LogP contribution < -0.4 is 0 Å². The molecule has 90 valence electrons. The lowest BCUT2D eigenvalue weighted by atomic mass is 9.98. The standard InChI is InChI=1S/C12H19NO2S/c1-9-12(10-4-3-7-15-8-10)13-11(16-9)5-2-6-14/h10,14H,2-8H2,1H3. The van der Waals surface area contributed by atoms with Gasteiger partial charge >= 0.3 is 0 Å². The summed E-state index contributed by atoms with van der Waals surface area (Å²) in [4.78, 5) is 6.02. The first-order valence-electron chi connectivity index (χ1n) is 5.96. The Hall–Kier alpha value is -0.450. The molecule has 16 heavy (non-hydrogen) atoms. The molecule has 0 spiro atoms. The van der Waals surface area contributed by atoms with E-state index in [2.05, 4.69) is 6.92 Å². The molecule has 0 saturated carbocycles. The van der Waals surface area contributed by atoms with Gasteiger partial charge in [-0.1, -0.05) is 0 Å². The predicted molar refractivity (Wildman–Crippen MR) is 65.1 cm³/mol. The van der Waals surface area contributed by atoms with Crippen molar-refractivity contribution in [1.82, 2.24) is 4.98 Å². The third kappa shape index (κ3) is 2.81. The van der Waals surface area contributed by atoms with Crippen LogP contribution in [0.5, 0.6) is 0 Å². The van der Waals surface area contributed by atoms with Crippen molar-refractivity contribution in [3.05, 3.63) is 15.6 Å². The van der Waals surface area contributed by atoms with E-state index >= 15 is 0 Å². The fraction of sp³-hybridized carbons (Fsp3) is 0.750. The number of rotatable bonds is 4. The summed E-state index contributed by atoms with van der Waals surface area (Å²) in [6.07, 6.45) is 4.06. The van der Waals surface area contributed by atoms with Crippen molar-refractivity contribution in [2.24, 2.45) is 0 Å². The summed E-state index contributed by atoms with van der Waals surface area (Å²) >= 11 is 1.77. The predicted octanol–water partition coefficient (Wildman–Crippen LogP) is 2.27. The van der Waals surface area contributed by atoms with Crippen molar-refractivity contribution in [3.63, 3.8) is 0 Å². The zero-order chi connectivity index (χ0) is 11.4. The molecule has 0 aromatic carbocycles. The summed E-state index contributed by atoms with van der Waals surface area (Å²) in [5.41, 5.74) is 1.23. The van der Waals surface area contributed by atoms with Gasteiger partial charge in [-0.3, -0.25) is 0 Å². The Morgan fingerprint density at radius 3 is 3.12 bits per heavy atom. The number of aromatic nitrogens is 1. The van der Waals surface area contributed by atoms with Crippen LogP contribution in [0.3, 0.4) is 0 Å². The Morgan fingerprint density at radius 2 is 2.44 bits per heavy atom. The molecule has 1 aromatic rings. The average Bonchev–Trinajstić information content (AvgIpc) is 2.69. The molecule has 1 N–H and O–H groups in total. The Balaban J connectivity index is 2.04. The van der Waals surface area contributed by atoms with Crippen molar-refractivity contribution < 1.29 is 9.84 Å². The number of hydrogen-bond acceptors (Lipinski definition) is 4. The van der Waals surface area contributed by atoms with Gasteiger partial charge in [0.1, 0.15) is 0 Å². The van der Waals surface area contributed by atoms with E-state index in [4.69, 9.17) is 14.8 Å². The summed E-state index contributed by atoms with van der Waals surface area (Å²) in [7, 11) is 0. The normalized spacial score (nSPS) is 21.2. The fourth-order valence-electron chi connectivity index (χ4n) is 2.14. The van der Waals surface area contributed by atoms with Gasteiger partial charge in [0.15, 0.2) is 0 Å². The maximum absolute atomic E-state index is 8.81. The molecule has 3 nitrogen and oxygen atoms in total. The Morgan fingerprint density at radius 1 is 1.56 bits per heavy atom. The highest BCUT2D eigenvalue weighted by atomic mass is 32.1. The van der Waals surface area contributed by atoms with E-state index in [1.54, 1.807) is 11.3 Å². The molecule has 1 atom stereocenters. The van der Waals surface area contributed by atoms with E-state index in [0.29, 0.717) is 5.92 Å². The quantitative estimate of drug-likeness (QED) is 0.879. The molecule has 1 unspecified atom stereocenters. The number of aryl methyl sites for hydroxylation is 2. The molecular weight excluding hydrogens is 222 g/mol. The third-order valence-electron chi connectivity index (χ3n) is 2.97. The number of aliphatic hydroxyl groups excluding tert-OH is 1. The molecule has 1 aromatic heterocycles. The third-order valence-corrected chi connectivity index (χ3v) is 4.02. The molecule has 0 amide bonds. The monoisotopic (exact) mass is 241 g/mol. The van der Waals surface area contributed by atoms with E-state index in [1.807, 2.05) is 0 Å². The number of thiazole rings is 1. The van der Waals surface area contributed by atoms with Crippen molar-refractivity contribution in [2.75, 3.05) is 19.8 Å².